The lowest BCUT2D eigenvalue weighted by Crippen LogP contribution is -2.27. The molecule has 0 bridgehead atoms. The summed E-state index contributed by atoms with van der Waals surface area (Å²) in [6, 6.07) is 0. The number of ketones is 2. The van der Waals surface area contributed by atoms with Crippen LogP contribution in [0.3, 0.4) is 0 Å². The van der Waals surface area contributed by atoms with Crippen molar-refractivity contribution in [1.29, 1.82) is 0 Å². The number of carbonyl (C=O) groups excluding carboxylic acids is 2. The van der Waals surface area contributed by atoms with E-state index in [2.05, 4.69) is 0 Å². The molecule has 1 N–H and O–H groups in total. The first-order valence-corrected chi connectivity index (χ1v) is 4.96. The van der Waals surface area contributed by atoms with Crippen molar-refractivity contribution < 1.29 is 19.5 Å². The third-order valence-corrected chi connectivity index (χ3v) is 2.64. The fourth-order valence-electron chi connectivity index (χ4n) is 1.85. The molecule has 0 heterocycles. The van der Waals surface area contributed by atoms with Crippen molar-refractivity contribution in [3.63, 3.8) is 0 Å². The summed E-state index contributed by atoms with van der Waals surface area (Å²) in [4.78, 5) is 33.7. The molecule has 0 fully saturated rings. The quantitative estimate of drug-likeness (QED) is 0.713. The van der Waals surface area contributed by atoms with E-state index >= 15 is 0 Å². The van der Waals surface area contributed by atoms with Crippen LogP contribution in [0.25, 0.3) is 0 Å². The lowest BCUT2D eigenvalue weighted by atomic mass is 9.81. The zero-order valence-electron chi connectivity index (χ0n) is 8.87. The number of aliphatic carboxylic acids is 1. The topological polar surface area (TPSA) is 71.4 Å². The normalized spacial score (nSPS) is 21.7. The van der Waals surface area contributed by atoms with Gasteiger partial charge in [-0.1, -0.05) is 12.5 Å². The van der Waals surface area contributed by atoms with E-state index in [0.29, 0.717) is 12.0 Å². The Labute approximate surface area is 88.0 Å². The Balaban J connectivity index is 2.99. The minimum Gasteiger partial charge on any atom is -0.481 e. The van der Waals surface area contributed by atoms with Crippen molar-refractivity contribution >= 4 is 17.5 Å². The number of allylic oxidation sites excluding steroid dienone is 2. The lowest BCUT2D eigenvalue weighted by Gasteiger charge is -2.20. The van der Waals surface area contributed by atoms with E-state index in [-0.39, 0.29) is 30.0 Å². The first kappa shape index (κ1) is 11.6. The van der Waals surface area contributed by atoms with E-state index in [1.165, 1.54) is 0 Å². The second-order valence-electron chi connectivity index (χ2n) is 3.80. The highest BCUT2D eigenvalue weighted by Crippen LogP contribution is 2.27. The van der Waals surface area contributed by atoms with Crippen molar-refractivity contribution in [2.75, 3.05) is 0 Å². The summed E-state index contributed by atoms with van der Waals surface area (Å²) in [5.41, 5.74) is 0.848. The van der Waals surface area contributed by atoms with Crippen molar-refractivity contribution in [1.82, 2.24) is 0 Å². The van der Waals surface area contributed by atoms with Crippen LogP contribution in [-0.2, 0) is 14.4 Å². The highest BCUT2D eigenvalue weighted by atomic mass is 16.4. The highest BCUT2D eigenvalue weighted by Gasteiger charge is 2.32. The maximum Gasteiger partial charge on any atom is 0.307 e. The molecular formula is C11H14O4. The van der Waals surface area contributed by atoms with Gasteiger partial charge in [-0.2, -0.15) is 0 Å². The van der Waals surface area contributed by atoms with Gasteiger partial charge >= 0.3 is 5.97 Å². The molecule has 1 aliphatic rings. The van der Waals surface area contributed by atoms with Gasteiger partial charge in [0, 0.05) is 12.8 Å². The van der Waals surface area contributed by atoms with Gasteiger partial charge in [-0.05, 0) is 13.3 Å². The van der Waals surface area contributed by atoms with Crippen LogP contribution >= 0.6 is 0 Å². The largest absolute Gasteiger partial charge is 0.481 e. The van der Waals surface area contributed by atoms with E-state index in [4.69, 9.17) is 5.11 Å². The van der Waals surface area contributed by atoms with E-state index in [0.717, 1.165) is 0 Å². The maximum atomic E-state index is 11.6. The zero-order chi connectivity index (χ0) is 11.6. The number of Topliss-reactive ketones (excluding diaryl/α,β-unsaturated/α-hetero) is 2. The van der Waals surface area contributed by atoms with Gasteiger partial charge < -0.3 is 5.11 Å². The molecule has 15 heavy (non-hydrogen) atoms. The van der Waals surface area contributed by atoms with Crippen molar-refractivity contribution in [3.05, 3.63) is 11.1 Å². The predicted octanol–water partition coefficient (Wildman–Crippen LogP) is 1.35. The number of rotatable bonds is 3. The second-order valence-corrected chi connectivity index (χ2v) is 3.80. The van der Waals surface area contributed by atoms with E-state index in [1.807, 2.05) is 0 Å². The van der Waals surface area contributed by atoms with Gasteiger partial charge in [0.1, 0.15) is 0 Å². The summed E-state index contributed by atoms with van der Waals surface area (Å²) in [6.07, 6.45) is 0.548. The van der Waals surface area contributed by atoms with Gasteiger partial charge in [-0.3, -0.25) is 14.4 Å². The summed E-state index contributed by atoms with van der Waals surface area (Å²) >= 11 is 0. The van der Waals surface area contributed by atoms with Crippen LogP contribution in [-0.4, -0.2) is 22.6 Å². The Kier molecular flexibility index (Phi) is 3.39. The van der Waals surface area contributed by atoms with Crippen LogP contribution in [0.5, 0.6) is 0 Å². The van der Waals surface area contributed by atoms with Crippen LogP contribution in [0.15, 0.2) is 11.1 Å². The number of hydrogen-bond acceptors (Lipinski definition) is 3. The summed E-state index contributed by atoms with van der Waals surface area (Å²) in [5, 5.41) is 8.80. The molecule has 0 aromatic carbocycles. The number of hydrogen-bond donors (Lipinski definition) is 1. The Bertz CT molecular complexity index is 352. The standard InChI is InChI=1S/C11H14O4/c1-3-8(12)10-6(2)4-7(11(14)15)5-9(10)13/h7H,3-5H2,1-2H3,(H,14,15). The molecule has 82 valence electrons. The minimum absolute atomic E-state index is 0.0479. The van der Waals surface area contributed by atoms with E-state index in [1.54, 1.807) is 13.8 Å². The van der Waals surface area contributed by atoms with Crippen LogP contribution in [0.2, 0.25) is 0 Å². The van der Waals surface area contributed by atoms with Crippen molar-refractivity contribution in [2.24, 2.45) is 5.92 Å². The molecule has 0 aromatic heterocycles. The summed E-state index contributed by atoms with van der Waals surface area (Å²) in [6.45, 7) is 3.36. The summed E-state index contributed by atoms with van der Waals surface area (Å²) in [7, 11) is 0. The molecule has 1 aliphatic carbocycles. The molecule has 4 heteroatoms. The monoisotopic (exact) mass is 210 g/mol. The lowest BCUT2D eigenvalue weighted by molar-refractivity contribution is -0.144. The van der Waals surface area contributed by atoms with Gasteiger partial charge in [0.15, 0.2) is 11.6 Å². The summed E-state index contributed by atoms with van der Waals surface area (Å²) < 4.78 is 0. The molecule has 1 rings (SSSR count). The van der Waals surface area contributed by atoms with Gasteiger partial charge in [-0.15, -0.1) is 0 Å². The Morgan fingerprint density at radius 2 is 2.00 bits per heavy atom. The third kappa shape index (κ3) is 2.32. The number of carboxylic acid groups (broad SMARTS) is 1. The minimum atomic E-state index is -0.967. The maximum absolute atomic E-state index is 11.6. The molecule has 0 amide bonds. The molecule has 0 saturated carbocycles. The van der Waals surface area contributed by atoms with Gasteiger partial charge in [0.25, 0.3) is 0 Å². The number of carbonyl (C=O) groups is 3. The molecule has 0 spiro atoms. The summed E-state index contributed by atoms with van der Waals surface area (Å²) in [5.74, 6) is -2.13. The molecular weight excluding hydrogens is 196 g/mol. The third-order valence-electron chi connectivity index (χ3n) is 2.64. The average Bonchev–Trinajstić information content (AvgIpc) is 2.16. The second kappa shape index (κ2) is 4.38. The molecule has 0 aliphatic heterocycles. The van der Waals surface area contributed by atoms with E-state index < -0.39 is 11.9 Å². The molecule has 4 nitrogen and oxygen atoms in total. The molecule has 1 unspecified atom stereocenters. The Morgan fingerprint density at radius 1 is 1.40 bits per heavy atom. The van der Waals surface area contributed by atoms with E-state index in [9.17, 15) is 14.4 Å². The van der Waals surface area contributed by atoms with Gasteiger partial charge in [0.2, 0.25) is 0 Å². The van der Waals surface area contributed by atoms with Crippen LogP contribution < -0.4 is 0 Å². The van der Waals surface area contributed by atoms with Crippen molar-refractivity contribution in [3.8, 4) is 0 Å². The smallest absolute Gasteiger partial charge is 0.307 e. The highest BCUT2D eigenvalue weighted by molar-refractivity contribution is 6.21. The van der Waals surface area contributed by atoms with Gasteiger partial charge in [-0.25, -0.2) is 0 Å². The molecule has 0 aromatic rings. The first-order valence-electron chi connectivity index (χ1n) is 4.96. The fraction of sp³-hybridized carbons (Fsp3) is 0.545. The van der Waals surface area contributed by atoms with Gasteiger partial charge in [0.05, 0.1) is 11.5 Å². The van der Waals surface area contributed by atoms with Crippen LogP contribution in [0, 0.1) is 5.92 Å². The Hall–Kier alpha value is -1.45. The molecule has 1 atom stereocenters. The Morgan fingerprint density at radius 3 is 2.40 bits per heavy atom. The predicted molar refractivity (Wildman–Crippen MR) is 53.4 cm³/mol. The molecule has 0 saturated heterocycles. The number of carboxylic acids is 1. The fourth-order valence-corrected chi connectivity index (χ4v) is 1.85. The first-order chi connectivity index (χ1) is 6.97. The van der Waals surface area contributed by atoms with Crippen LogP contribution in [0.4, 0.5) is 0 Å². The average molecular weight is 210 g/mol. The molecule has 0 radical (unpaired) electrons. The zero-order valence-corrected chi connectivity index (χ0v) is 8.87. The van der Waals surface area contributed by atoms with Crippen molar-refractivity contribution in [2.45, 2.75) is 33.1 Å². The van der Waals surface area contributed by atoms with Crippen LogP contribution in [0.1, 0.15) is 33.1 Å². The SMILES string of the molecule is CCC(=O)C1=C(C)CC(C(=O)O)CC1=O.